The lowest BCUT2D eigenvalue weighted by atomic mass is 10.1. The Balaban J connectivity index is 3.94. The SMILES string of the molecule is CCCCCCCCCOC(=O)CCCCCCCN(CCN)CCCCCCCC(=O)OC(COCCCCCC)COCCCCCC. The van der Waals surface area contributed by atoms with Crippen LogP contribution in [0.4, 0.5) is 0 Å². The molecule has 298 valence electrons. The smallest absolute Gasteiger partial charge is 0.306 e. The maximum absolute atomic E-state index is 12.6. The van der Waals surface area contributed by atoms with Gasteiger partial charge in [0.2, 0.25) is 0 Å². The first kappa shape index (κ1) is 48.8. The van der Waals surface area contributed by atoms with Gasteiger partial charge < -0.3 is 29.6 Å². The Morgan fingerprint density at radius 2 is 0.880 bits per heavy atom. The number of carbonyl (C=O) groups is 2. The van der Waals surface area contributed by atoms with Crippen molar-refractivity contribution in [3.8, 4) is 0 Å². The minimum atomic E-state index is -0.318. The molecular weight excluding hydrogens is 628 g/mol. The van der Waals surface area contributed by atoms with Gasteiger partial charge in [0.1, 0.15) is 6.10 Å². The molecule has 0 saturated heterocycles. The molecule has 8 heteroatoms. The summed E-state index contributed by atoms with van der Waals surface area (Å²) >= 11 is 0. The van der Waals surface area contributed by atoms with E-state index in [0.717, 1.165) is 71.0 Å². The number of ether oxygens (including phenoxy) is 4. The van der Waals surface area contributed by atoms with Gasteiger partial charge in [0.25, 0.3) is 0 Å². The van der Waals surface area contributed by atoms with Gasteiger partial charge in [-0.25, -0.2) is 0 Å². The number of hydrogen-bond donors (Lipinski definition) is 1. The highest BCUT2D eigenvalue weighted by atomic mass is 16.6. The van der Waals surface area contributed by atoms with Crippen molar-refractivity contribution in [2.45, 2.75) is 200 Å². The first-order valence-electron chi connectivity index (χ1n) is 21.5. The lowest BCUT2D eigenvalue weighted by Crippen LogP contribution is -2.31. The van der Waals surface area contributed by atoms with E-state index in [1.807, 2.05) is 0 Å². The normalized spacial score (nSPS) is 11.6. The molecule has 8 nitrogen and oxygen atoms in total. The van der Waals surface area contributed by atoms with Crippen LogP contribution in [0.2, 0.25) is 0 Å². The summed E-state index contributed by atoms with van der Waals surface area (Å²) in [5.41, 5.74) is 5.89. The topological polar surface area (TPSA) is 100 Å². The van der Waals surface area contributed by atoms with E-state index in [4.69, 9.17) is 24.7 Å². The molecule has 0 heterocycles. The molecule has 0 fully saturated rings. The minimum absolute atomic E-state index is 0.0264. The van der Waals surface area contributed by atoms with Crippen LogP contribution in [0.3, 0.4) is 0 Å². The molecule has 0 spiro atoms. The molecule has 2 N–H and O–H groups in total. The minimum Gasteiger partial charge on any atom is -0.466 e. The van der Waals surface area contributed by atoms with Crippen LogP contribution in [-0.4, -0.2) is 82.2 Å². The van der Waals surface area contributed by atoms with Crippen LogP contribution in [-0.2, 0) is 28.5 Å². The van der Waals surface area contributed by atoms with Crippen molar-refractivity contribution in [3.05, 3.63) is 0 Å². The van der Waals surface area contributed by atoms with E-state index >= 15 is 0 Å². The second kappa shape index (κ2) is 40.5. The zero-order valence-corrected chi connectivity index (χ0v) is 33.5. The number of rotatable bonds is 41. The highest BCUT2D eigenvalue weighted by Crippen LogP contribution is 2.12. The van der Waals surface area contributed by atoms with Crippen molar-refractivity contribution in [2.24, 2.45) is 5.73 Å². The molecule has 50 heavy (non-hydrogen) atoms. The molecule has 0 aliphatic rings. The number of nitrogens with two attached hydrogens (primary N) is 1. The van der Waals surface area contributed by atoms with Gasteiger partial charge in [-0.3, -0.25) is 9.59 Å². The molecule has 0 radical (unpaired) electrons. The second-order valence-corrected chi connectivity index (χ2v) is 14.4. The van der Waals surface area contributed by atoms with Crippen LogP contribution < -0.4 is 5.73 Å². The Morgan fingerprint density at radius 1 is 0.480 bits per heavy atom. The van der Waals surface area contributed by atoms with Crippen LogP contribution in [0.15, 0.2) is 0 Å². The monoisotopic (exact) mass is 713 g/mol. The van der Waals surface area contributed by atoms with E-state index in [0.29, 0.717) is 52.4 Å². The van der Waals surface area contributed by atoms with Gasteiger partial charge in [-0.15, -0.1) is 0 Å². The third-order valence-electron chi connectivity index (χ3n) is 9.36. The van der Waals surface area contributed by atoms with Gasteiger partial charge in [0.05, 0.1) is 19.8 Å². The zero-order chi connectivity index (χ0) is 36.6. The molecule has 0 aromatic carbocycles. The van der Waals surface area contributed by atoms with Crippen molar-refractivity contribution < 1.29 is 28.5 Å². The van der Waals surface area contributed by atoms with Crippen molar-refractivity contribution in [3.63, 3.8) is 0 Å². The maximum Gasteiger partial charge on any atom is 0.306 e. The van der Waals surface area contributed by atoms with Gasteiger partial charge in [0.15, 0.2) is 0 Å². The Labute approximate surface area is 310 Å². The molecule has 0 amide bonds. The number of esters is 2. The van der Waals surface area contributed by atoms with Gasteiger partial charge in [-0.2, -0.15) is 0 Å². The molecule has 0 bridgehead atoms. The summed E-state index contributed by atoms with van der Waals surface area (Å²) in [7, 11) is 0. The molecule has 0 aromatic rings. The molecule has 0 aromatic heterocycles. The van der Waals surface area contributed by atoms with Gasteiger partial charge in [0, 0.05) is 39.1 Å². The number of hydrogen-bond acceptors (Lipinski definition) is 8. The van der Waals surface area contributed by atoms with Gasteiger partial charge in [-0.1, -0.05) is 136 Å². The standard InChI is InChI=1S/C42H84N2O6/c1-4-7-10-13-14-21-28-37-49-41(45)29-22-17-15-19-24-32-44(34-31-43)33-25-20-16-18-23-30-42(46)50-40(38-47-35-26-11-8-5-2)39-48-36-27-12-9-6-3/h40H,4-39,43H2,1-3H3. The Hall–Kier alpha value is -1.22. The van der Waals surface area contributed by atoms with E-state index in [2.05, 4.69) is 25.7 Å². The summed E-state index contributed by atoms with van der Waals surface area (Å²) in [4.78, 5) is 27.1. The van der Waals surface area contributed by atoms with Gasteiger partial charge in [-0.05, 0) is 58.0 Å². The van der Waals surface area contributed by atoms with Gasteiger partial charge >= 0.3 is 11.9 Å². The molecule has 0 rings (SSSR count). The molecule has 0 atom stereocenters. The van der Waals surface area contributed by atoms with E-state index in [-0.39, 0.29) is 18.0 Å². The largest absolute Gasteiger partial charge is 0.466 e. The summed E-state index contributed by atoms with van der Waals surface area (Å²) in [6.07, 6.45) is 29.7. The Kier molecular flexibility index (Phi) is 39.6. The highest BCUT2D eigenvalue weighted by Gasteiger charge is 2.15. The maximum atomic E-state index is 12.6. The zero-order valence-electron chi connectivity index (χ0n) is 33.5. The lowest BCUT2D eigenvalue weighted by molar-refractivity contribution is -0.156. The van der Waals surface area contributed by atoms with Crippen molar-refractivity contribution >= 4 is 11.9 Å². The highest BCUT2D eigenvalue weighted by molar-refractivity contribution is 5.69. The fourth-order valence-electron chi connectivity index (χ4n) is 6.16. The predicted molar refractivity (Wildman–Crippen MR) is 210 cm³/mol. The van der Waals surface area contributed by atoms with Crippen molar-refractivity contribution in [2.75, 3.05) is 59.2 Å². The van der Waals surface area contributed by atoms with Crippen molar-refractivity contribution in [1.29, 1.82) is 0 Å². The van der Waals surface area contributed by atoms with E-state index in [1.165, 1.54) is 109 Å². The van der Waals surface area contributed by atoms with Crippen LogP contribution >= 0.6 is 0 Å². The molecule has 0 aliphatic carbocycles. The summed E-state index contributed by atoms with van der Waals surface area (Å²) in [5, 5.41) is 0. The quantitative estimate of drug-likeness (QED) is 0.0494. The van der Waals surface area contributed by atoms with Crippen LogP contribution in [0.5, 0.6) is 0 Å². The van der Waals surface area contributed by atoms with Crippen LogP contribution in [0.25, 0.3) is 0 Å². The third kappa shape index (κ3) is 36.6. The van der Waals surface area contributed by atoms with E-state index in [9.17, 15) is 9.59 Å². The number of carbonyl (C=O) groups excluding carboxylic acids is 2. The van der Waals surface area contributed by atoms with Crippen LogP contribution in [0.1, 0.15) is 194 Å². The molecule has 0 unspecified atom stereocenters. The average Bonchev–Trinajstić information content (AvgIpc) is 3.11. The predicted octanol–water partition coefficient (Wildman–Crippen LogP) is 10.3. The number of unbranched alkanes of at least 4 members (excludes halogenated alkanes) is 20. The average molecular weight is 713 g/mol. The number of nitrogens with zero attached hydrogens (tertiary/aromatic N) is 1. The molecule has 0 aliphatic heterocycles. The summed E-state index contributed by atoms with van der Waals surface area (Å²) in [5.74, 6) is -0.159. The first-order valence-corrected chi connectivity index (χ1v) is 21.5. The fraction of sp³-hybridized carbons (Fsp3) is 0.952. The summed E-state index contributed by atoms with van der Waals surface area (Å²) in [6.45, 7) is 13.3. The first-order chi connectivity index (χ1) is 24.6. The van der Waals surface area contributed by atoms with Crippen molar-refractivity contribution in [1.82, 2.24) is 4.90 Å². The third-order valence-corrected chi connectivity index (χ3v) is 9.36. The van der Waals surface area contributed by atoms with Crippen LogP contribution in [0, 0.1) is 0 Å². The molecular formula is C42H84N2O6. The molecule has 0 saturated carbocycles. The second-order valence-electron chi connectivity index (χ2n) is 14.4. The summed E-state index contributed by atoms with van der Waals surface area (Å²) in [6, 6.07) is 0. The Morgan fingerprint density at radius 3 is 1.38 bits per heavy atom. The van der Waals surface area contributed by atoms with E-state index in [1.54, 1.807) is 0 Å². The van der Waals surface area contributed by atoms with E-state index < -0.39 is 0 Å². The fourth-order valence-corrected chi connectivity index (χ4v) is 6.16. The Bertz CT molecular complexity index is 694. The summed E-state index contributed by atoms with van der Waals surface area (Å²) < 4.78 is 22.9. The lowest BCUT2D eigenvalue weighted by Gasteiger charge is -2.21.